The van der Waals surface area contributed by atoms with Crippen molar-refractivity contribution < 1.29 is 19.4 Å². The summed E-state index contributed by atoms with van der Waals surface area (Å²) < 4.78 is 11.0. The summed E-state index contributed by atoms with van der Waals surface area (Å²) in [6.45, 7) is 6.78. The van der Waals surface area contributed by atoms with Gasteiger partial charge in [0.1, 0.15) is 0 Å². The first-order valence-electron chi connectivity index (χ1n) is 7.10. The van der Waals surface area contributed by atoms with Crippen molar-refractivity contribution in [1.29, 1.82) is 0 Å². The Morgan fingerprint density at radius 1 is 1.29 bits per heavy atom. The van der Waals surface area contributed by atoms with Crippen LogP contribution in [-0.2, 0) is 4.79 Å². The average Bonchev–Trinajstić information content (AvgIpc) is 2.45. The Kier molecular flexibility index (Phi) is 7.32. The number of hydrogen-bond donors (Lipinski definition) is 2. The molecule has 1 aromatic rings. The maximum atomic E-state index is 11.5. The van der Waals surface area contributed by atoms with Crippen molar-refractivity contribution in [3.63, 3.8) is 0 Å². The molecule has 0 heterocycles. The number of benzene rings is 1. The van der Waals surface area contributed by atoms with Gasteiger partial charge in [0.25, 0.3) is 0 Å². The molecule has 5 nitrogen and oxygen atoms in total. The molecule has 116 valence electrons. The minimum Gasteiger partial charge on any atom is -0.490 e. The summed E-state index contributed by atoms with van der Waals surface area (Å²) in [7, 11) is 0. The minimum absolute atomic E-state index is 0.233. The zero-order chi connectivity index (χ0) is 15.7. The van der Waals surface area contributed by atoms with Gasteiger partial charge in [-0.25, -0.2) is 0 Å². The smallest absolute Gasteiger partial charge is 0.244 e. The second-order valence-corrected chi connectivity index (χ2v) is 4.50. The van der Waals surface area contributed by atoms with E-state index in [0.29, 0.717) is 24.7 Å². The van der Waals surface area contributed by atoms with Crippen LogP contribution in [0.25, 0.3) is 6.08 Å². The Hall–Kier alpha value is -2.01. The third-order valence-electron chi connectivity index (χ3n) is 2.57. The quantitative estimate of drug-likeness (QED) is 0.719. The van der Waals surface area contributed by atoms with E-state index in [1.165, 1.54) is 6.08 Å². The van der Waals surface area contributed by atoms with Crippen LogP contribution in [0.15, 0.2) is 24.3 Å². The van der Waals surface area contributed by atoms with E-state index in [9.17, 15) is 4.79 Å². The summed E-state index contributed by atoms with van der Waals surface area (Å²) in [5.74, 6) is 1.10. The van der Waals surface area contributed by atoms with Crippen LogP contribution in [0.4, 0.5) is 0 Å². The van der Waals surface area contributed by atoms with Crippen LogP contribution in [0, 0.1) is 0 Å². The largest absolute Gasteiger partial charge is 0.490 e. The highest BCUT2D eigenvalue weighted by Crippen LogP contribution is 2.28. The summed E-state index contributed by atoms with van der Waals surface area (Å²) in [6.07, 6.45) is 2.56. The van der Waals surface area contributed by atoms with Gasteiger partial charge >= 0.3 is 0 Å². The zero-order valence-corrected chi connectivity index (χ0v) is 12.8. The van der Waals surface area contributed by atoms with Crippen LogP contribution in [0.5, 0.6) is 11.5 Å². The van der Waals surface area contributed by atoms with E-state index in [4.69, 9.17) is 14.6 Å². The first-order chi connectivity index (χ1) is 10.1. The molecule has 0 fully saturated rings. The van der Waals surface area contributed by atoms with Gasteiger partial charge in [-0.3, -0.25) is 4.79 Å². The molecule has 0 aliphatic rings. The predicted molar refractivity (Wildman–Crippen MR) is 82.5 cm³/mol. The van der Waals surface area contributed by atoms with Gasteiger partial charge in [-0.05, 0) is 44.5 Å². The molecule has 2 N–H and O–H groups in total. The number of ether oxygens (including phenoxy) is 2. The molecule has 0 aromatic heterocycles. The summed E-state index contributed by atoms with van der Waals surface area (Å²) in [5.41, 5.74) is 0.842. The SMILES string of the molecule is CCOc1ccc(/C=C/C(=O)NCC(C)O)cc1OCC. The number of aliphatic hydroxyl groups excluding tert-OH is 1. The first-order valence-corrected chi connectivity index (χ1v) is 7.10. The van der Waals surface area contributed by atoms with Crippen molar-refractivity contribution in [2.24, 2.45) is 0 Å². The number of carbonyl (C=O) groups is 1. The highest BCUT2D eigenvalue weighted by atomic mass is 16.5. The van der Waals surface area contributed by atoms with Gasteiger partial charge in [-0.1, -0.05) is 6.07 Å². The summed E-state index contributed by atoms with van der Waals surface area (Å²) in [4.78, 5) is 11.5. The standard InChI is InChI=1S/C16H23NO4/c1-4-20-14-8-6-13(10-15(14)21-5-2)7-9-16(19)17-11-12(3)18/h6-10,12,18H,4-5,11H2,1-3H3,(H,17,19)/b9-7+. The topological polar surface area (TPSA) is 67.8 Å². The van der Waals surface area contributed by atoms with Gasteiger partial charge in [0, 0.05) is 12.6 Å². The number of aliphatic hydroxyl groups is 1. The minimum atomic E-state index is -0.558. The van der Waals surface area contributed by atoms with Crippen molar-refractivity contribution in [1.82, 2.24) is 5.32 Å². The number of nitrogens with one attached hydrogen (secondary N) is 1. The van der Waals surface area contributed by atoms with E-state index in [1.807, 2.05) is 32.0 Å². The lowest BCUT2D eigenvalue weighted by Crippen LogP contribution is -2.28. The molecule has 0 aliphatic heterocycles. The fourth-order valence-electron chi connectivity index (χ4n) is 1.65. The van der Waals surface area contributed by atoms with Crippen molar-refractivity contribution in [3.05, 3.63) is 29.8 Å². The number of carbonyl (C=O) groups excluding carboxylic acids is 1. The van der Waals surface area contributed by atoms with Gasteiger partial charge in [-0.15, -0.1) is 0 Å². The zero-order valence-electron chi connectivity index (χ0n) is 12.8. The highest BCUT2D eigenvalue weighted by Gasteiger charge is 2.05. The monoisotopic (exact) mass is 293 g/mol. The third-order valence-corrected chi connectivity index (χ3v) is 2.57. The predicted octanol–water partition coefficient (Wildman–Crippen LogP) is 1.99. The fraction of sp³-hybridized carbons (Fsp3) is 0.438. The number of amides is 1. The molecule has 0 spiro atoms. The maximum absolute atomic E-state index is 11.5. The van der Waals surface area contributed by atoms with Crippen molar-refractivity contribution in [2.75, 3.05) is 19.8 Å². The van der Waals surface area contributed by atoms with E-state index in [2.05, 4.69) is 5.32 Å². The van der Waals surface area contributed by atoms with Crippen molar-refractivity contribution in [2.45, 2.75) is 26.9 Å². The number of hydrogen-bond acceptors (Lipinski definition) is 4. The van der Waals surface area contributed by atoms with Crippen molar-refractivity contribution >= 4 is 12.0 Å². The molecule has 0 aliphatic carbocycles. The summed E-state index contributed by atoms with van der Waals surface area (Å²) in [6, 6.07) is 5.50. The molecule has 1 amide bonds. The van der Waals surface area contributed by atoms with E-state index < -0.39 is 6.10 Å². The second kappa shape index (κ2) is 9.02. The van der Waals surface area contributed by atoms with Crippen LogP contribution in [-0.4, -0.2) is 36.9 Å². The molecule has 1 aromatic carbocycles. The lowest BCUT2D eigenvalue weighted by Gasteiger charge is -2.11. The Balaban J connectivity index is 2.74. The Morgan fingerprint density at radius 3 is 2.57 bits per heavy atom. The Bertz CT molecular complexity index is 483. The fourth-order valence-corrected chi connectivity index (χ4v) is 1.65. The van der Waals surface area contributed by atoms with Crippen LogP contribution in [0.1, 0.15) is 26.3 Å². The average molecular weight is 293 g/mol. The van der Waals surface area contributed by atoms with Gasteiger partial charge in [-0.2, -0.15) is 0 Å². The molecule has 0 radical (unpaired) electrons. The van der Waals surface area contributed by atoms with Gasteiger partial charge < -0.3 is 19.9 Å². The first kappa shape index (κ1) is 17.0. The lowest BCUT2D eigenvalue weighted by atomic mass is 10.2. The Labute approximate surface area is 125 Å². The third kappa shape index (κ3) is 6.31. The van der Waals surface area contributed by atoms with Crippen LogP contribution in [0.3, 0.4) is 0 Å². The highest BCUT2D eigenvalue weighted by molar-refractivity contribution is 5.91. The van der Waals surface area contributed by atoms with Gasteiger partial charge in [0.2, 0.25) is 5.91 Å². The summed E-state index contributed by atoms with van der Waals surface area (Å²) in [5, 5.41) is 11.7. The maximum Gasteiger partial charge on any atom is 0.244 e. The van der Waals surface area contributed by atoms with Crippen LogP contribution < -0.4 is 14.8 Å². The van der Waals surface area contributed by atoms with Crippen LogP contribution >= 0.6 is 0 Å². The van der Waals surface area contributed by atoms with E-state index in [1.54, 1.807) is 13.0 Å². The second-order valence-electron chi connectivity index (χ2n) is 4.50. The number of rotatable bonds is 8. The molecule has 0 saturated heterocycles. The molecular formula is C16H23NO4. The van der Waals surface area contributed by atoms with Crippen molar-refractivity contribution in [3.8, 4) is 11.5 Å². The van der Waals surface area contributed by atoms with E-state index in [-0.39, 0.29) is 12.5 Å². The Morgan fingerprint density at radius 2 is 1.95 bits per heavy atom. The molecule has 5 heteroatoms. The van der Waals surface area contributed by atoms with E-state index in [0.717, 1.165) is 5.56 Å². The molecule has 0 saturated carbocycles. The summed E-state index contributed by atoms with van der Waals surface area (Å²) >= 11 is 0. The van der Waals surface area contributed by atoms with Crippen LogP contribution in [0.2, 0.25) is 0 Å². The molecule has 1 atom stereocenters. The molecule has 0 bridgehead atoms. The molecule has 1 unspecified atom stereocenters. The normalized spacial score (nSPS) is 12.2. The molecule has 1 rings (SSSR count). The van der Waals surface area contributed by atoms with Gasteiger partial charge in [0.05, 0.1) is 19.3 Å². The van der Waals surface area contributed by atoms with Gasteiger partial charge in [0.15, 0.2) is 11.5 Å². The molecule has 21 heavy (non-hydrogen) atoms. The van der Waals surface area contributed by atoms with E-state index >= 15 is 0 Å². The lowest BCUT2D eigenvalue weighted by molar-refractivity contribution is -0.116. The molecular weight excluding hydrogens is 270 g/mol.